The summed E-state index contributed by atoms with van der Waals surface area (Å²) in [6.07, 6.45) is 1.81. The van der Waals surface area contributed by atoms with Gasteiger partial charge in [0.1, 0.15) is 11.6 Å². The number of methoxy groups -OCH3 is 1. The Morgan fingerprint density at radius 3 is 2.63 bits per heavy atom. The summed E-state index contributed by atoms with van der Waals surface area (Å²) in [6, 6.07) is 5.74. The molecule has 2 rings (SSSR count). The number of hydrogen-bond acceptors (Lipinski definition) is 3. The van der Waals surface area contributed by atoms with E-state index < -0.39 is 0 Å². The number of pyridine rings is 1. The third-order valence-corrected chi connectivity index (χ3v) is 3.72. The average Bonchev–Trinajstić information content (AvgIpc) is 2.36. The Morgan fingerprint density at radius 2 is 2.00 bits per heavy atom. The Bertz CT molecular complexity index is 617. The normalized spacial score (nSPS) is 10.4. The molecule has 0 bridgehead atoms. The van der Waals surface area contributed by atoms with Crippen LogP contribution >= 0.6 is 27.5 Å². The van der Waals surface area contributed by atoms with Crippen molar-refractivity contribution in [2.45, 2.75) is 13.8 Å². The van der Waals surface area contributed by atoms with Gasteiger partial charge in [-0.1, -0.05) is 11.6 Å². The first kappa shape index (κ1) is 14.2. The van der Waals surface area contributed by atoms with Crippen LogP contribution in [-0.2, 0) is 0 Å². The summed E-state index contributed by atoms with van der Waals surface area (Å²) in [6.45, 7) is 3.94. The van der Waals surface area contributed by atoms with E-state index in [2.05, 4.69) is 26.2 Å². The van der Waals surface area contributed by atoms with E-state index in [1.807, 2.05) is 32.2 Å². The molecule has 2 aromatic rings. The van der Waals surface area contributed by atoms with Crippen molar-refractivity contribution in [2.75, 3.05) is 12.4 Å². The number of nitrogens with one attached hydrogen (secondary N) is 1. The maximum Gasteiger partial charge on any atom is 0.144 e. The van der Waals surface area contributed by atoms with Crippen LogP contribution in [0.25, 0.3) is 0 Å². The van der Waals surface area contributed by atoms with Crippen molar-refractivity contribution in [1.82, 2.24) is 4.98 Å². The highest BCUT2D eigenvalue weighted by Crippen LogP contribution is 2.34. The van der Waals surface area contributed by atoms with Gasteiger partial charge >= 0.3 is 0 Å². The molecule has 1 aromatic carbocycles. The smallest absolute Gasteiger partial charge is 0.144 e. The standard InChI is InChI=1S/C14H14BrClN2O/c1-8-4-10(15)14(17-7-8)18-12-5-9(2)11(16)6-13(12)19-3/h4-7H,1-3H3,(H,17,18). The van der Waals surface area contributed by atoms with E-state index in [-0.39, 0.29) is 0 Å². The SMILES string of the molecule is COc1cc(Cl)c(C)cc1Nc1ncc(C)cc1Br. The number of anilines is 2. The molecule has 0 atom stereocenters. The zero-order valence-corrected chi connectivity index (χ0v) is 13.3. The molecule has 0 aliphatic rings. The van der Waals surface area contributed by atoms with Gasteiger partial charge in [0.05, 0.1) is 17.3 Å². The first-order chi connectivity index (χ1) is 9.01. The lowest BCUT2D eigenvalue weighted by Gasteiger charge is -2.13. The second-order valence-corrected chi connectivity index (χ2v) is 5.53. The largest absolute Gasteiger partial charge is 0.495 e. The highest BCUT2D eigenvalue weighted by Gasteiger charge is 2.09. The molecule has 0 aliphatic heterocycles. The lowest BCUT2D eigenvalue weighted by atomic mass is 10.2. The highest BCUT2D eigenvalue weighted by atomic mass is 79.9. The molecule has 1 heterocycles. The molecular formula is C14H14BrClN2O. The summed E-state index contributed by atoms with van der Waals surface area (Å²) < 4.78 is 6.23. The molecule has 1 aromatic heterocycles. The number of aryl methyl sites for hydroxylation is 2. The van der Waals surface area contributed by atoms with Gasteiger partial charge in [0.15, 0.2) is 0 Å². The predicted octanol–water partition coefficient (Wildman–Crippen LogP) is 4.87. The summed E-state index contributed by atoms with van der Waals surface area (Å²) in [5, 5.41) is 3.92. The van der Waals surface area contributed by atoms with Crippen LogP contribution in [0, 0.1) is 13.8 Å². The Hall–Kier alpha value is -1.26. The minimum Gasteiger partial charge on any atom is -0.495 e. The van der Waals surface area contributed by atoms with Crippen molar-refractivity contribution in [3.8, 4) is 5.75 Å². The molecule has 0 spiro atoms. The summed E-state index contributed by atoms with van der Waals surface area (Å²) in [4.78, 5) is 4.35. The molecule has 0 radical (unpaired) electrons. The lowest BCUT2D eigenvalue weighted by molar-refractivity contribution is 0.416. The Kier molecular flexibility index (Phi) is 4.32. The lowest BCUT2D eigenvalue weighted by Crippen LogP contribution is -1.98. The molecule has 0 unspecified atom stereocenters. The van der Waals surface area contributed by atoms with Crippen LogP contribution in [0.5, 0.6) is 5.75 Å². The number of benzene rings is 1. The molecular weight excluding hydrogens is 328 g/mol. The van der Waals surface area contributed by atoms with E-state index in [0.717, 1.165) is 27.1 Å². The number of ether oxygens (including phenoxy) is 1. The minimum absolute atomic E-state index is 0.679. The second kappa shape index (κ2) is 5.80. The maximum atomic E-state index is 6.09. The Balaban J connectivity index is 2.40. The fourth-order valence-electron chi connectivity index (χ4n) is 1.68. The average molecular weight is 342 g/mol. The fraction of sp³-hybridized carbons (Fsp3) is 0.214. The van der Waals surface area contributed by atoms with E-state index in [1.54, 1.807) is 13.2 Å². The summed E-state index contributed by atoms with van der Waals surface area (Å²) >= 11 is 9.58. The zero-order valence-electron chi connectivity index (χ0n) is 10.9. The molecule has 19 heavy (non-hydrogen) atoms. The molecule has 3 nitrogen and oxygen atoms in total. The first-order valence-electron chi connectivity index (χ1n) is 5.74. The first-order valence-corrected chi connectivity index (χ1v) is 6.91. The summed E-state index contributed by atoms with van der Waals surface area (Å²) in [7, 11) is 1.61. The van der Waals surface area contributed by atoms with Gasteiger partial charge in [-0.2, -0.15) is 0 Å². The second-order valence-electron chi connectivity index (χ2n) is 4.27. The quantitative estimate of drug-likeness (QED) is 0.865. The molecule has 0 saturated carbocycles. The van der Waals surface area contributed by atoms with Gasteiger partial charge in [0.2, 0.25) is 0 Å². The molecule has 1 N–H and O–H groups in total. The summed E-state index contributed by atoms with van der Waals surface area (Å²) in [5.74, 6) is 1.43. The van der Waals surface area contributed by atoms with Crippen molar-refractivity contribution in [1.29, 1.82) is 0 Å². The van der Waals surface area contributed by atoms with E-state index in [1.165, 1.54) is 0 Å². The van der Waals surface area contributed by atoms with Gasteiger partial charge in [-0.05, 0) is 53.0 Å². The van der Waals surface area contributed by atoms with Crippen LogP contribution in [0.4, 0.5) is 11.5 Å². The highest BCUT2D eigenvalue weighted by molar-refractivity contribution is 9.10. The topological polar surface area (TPSA) is 34.1 Å². The zero-order chi connectivity index (χ0) is 14.0. The monoisotopic (exact) mass is 340 g/mol. The van der Waals surface area contributed by atoms with Gasteiger partial charge < -0.3 is 10.1 Å². The molecule has 5 heteroatoms. The third-order valence-electron chi connectivity index (χ3n) is 2.71. The number of hydrogen-bond donors (Lipinski definition) is 1. The fourth-order valence-corrected chi connectivity index (χ4v) is 2.40. The molecule has 0 aliphatic carbocycles. The van der Waals surface area contributed by atoms with Crippen molar-refractivity contribution < 1.29 is 4.74 Å². The van der Waals surface area contributed by atoms with E-state index in [4.69, 9.17) is 16.3 Å². The van der Waals surface area contributed by atoms with Crippen molar-refractivity contribution in [3.63, 3.8) is 0 Å². The van der Waals surface area contributed by atoms with Gasteiger partial charge in [-0.15, -0.1) is 0 Å². The van der Waals surface area contributed by atoms with E-state index in [9.17, 15) is 0 Å². The Morgan fingerprint density at radius 1 is 1.26 bits per heavy atom. The maximum absolute atomic E-state index is 6.09. The Labute approximate surface area is 126 Å². The van der Waals surface area contributed by atoms with Crippen molar-refractivity contribution in [3.05, 3.63) is 45.0 Å². The van der Waals surface area contributed by atoms with Gasteiger partial charge in [-0.25, -0.2) is 4.98 Å². The van der Waals surface area contributed by atoms with Crippen LogP contribution in [-0.4, -0.2) is 12.1 Å². The third kappa shape index (κ3) is 3.19. The molecule has 0 saturated heterocycles. The number of nitrogens with zero attached hydrogens (tertiary/aromatic N) is 1. The van der Waals surface area contributed by atoms with E-state index >= 15 is 0 Å². The van der Waals surface area contributed by atoms with Crippen LogP contribution in [0.1, 0.15) is 11.1 Å². The van der Waals surface area contributed by atoms with Crippen molar-refractivity contribution >= 4 is 39.0 Å². The van der Waals surface area contributed by atoms with Crippen LogP contribution in [0.15, 0.2) is 28.9 Å². The number of aromatic nitrogens is 1. The van der Waals surface area contributed by atoms with Gasteiger partial charge in [0.25, 0.3) is 0 Å². The molecule has 100 valence electrons. The van der Waals surface area contributed by atoms with E-state index in [0.29, 0.717) is 10.8 Å². The molecule has 0 fully saturated rings. The van der Waals surface area contributed by atoms with Crippen LogP contribution < -0.4 is 10.1 Å². The van der Waals surface area contributed by atoms with Crippen LogP contribution in [0.2, 0.25) is 5.02 Å². The van der Waals surface area contributed by atoms with Gasteiger partial charge in [0, 0.05) is 17.3 Å². The summed E-state index contributed by atoms with van der Waals surface area (Å²) in [5.41, 5.74) is 2.91. The van der Waals surface area contributed by atoms with Crippen LogP contribution in [0.3, 0.4) is 0 Å². The minimum atomic E-state index is 0.679. The number of rotatable bonds is 3. The van der Waals surface area contributed by atoms with Crippen molar-refractivity contribution in [2.24, 2.45) is 0 Å². The number of halogens is 2. The predicted molar refractivity (Wildman–Crippen MR) is 82.7 cm³/mol. The molecule has 0 amide bonds. The van der Waals surface area contributed by atoms with Gasteiger partial charge in [-0.3, -0.25) is 0 Å².